The third kappa shape index (κ3) is 2.58. The SMILES string of the molecule is Cc1ccc(Oc2ccnc(CN)c2)cc1. The molecule has 0 aliphatic rings. The van der Waals surface area contributed by atoms with E-state index < -0.39 is 0 Å². The van der Waals surface area contributed by atoms with Crippen molar-refractivity contribution in [3.63, 3.8) is 0 Å². The lowest BCUT2D eigenvalue weighted by atomic mass is 10.2. The van der Waals surface area contributed by atoms with Crippen LogP contribution in [0, 0.1) is 6.92 Å². The summed E-state index contributed by atoms with van der Waals surface area (Å²) < 4.78 is 5.68. The zero-order valence-electron chi connectivity index (χ0n) is 9.18. The van der Waals surface area contributed by atoms with Crippen molar-refractivity contribution in [3.05, 3.63) is 53.9 Å². The molecule has 1 aromatic carbocycles. The molecule has 2 N–H and O–H groups in total. The van der Waals surface area contributed by atoms with Crippen LogP contribution in [0.5, 0.6) is 11.5 Å². The van der Waals surface area contributed by atoms with E-state index in [0.717, 1.165) is 17.2 Å². The quantitative estimate of drug-likeness (QED) is 0.854. The molecule has 0 aliphatic heterocycles. The number of hydrogen-bond acceptors (Lipinski definition) is 3. The highest BCUT2D eigenvalue weighted by atomic mass is 16.5. The highest BCUT2D eigenvalue weighted by Crippen LogP contribution is 2.21. The molecule has 1 aromatic heterocycles. The molecule has 0 aliphatic carbocycles. The maximum absolute atomic E-state index is 5.68. The van der Waals surface area contributed by atoms with Gasteiger partial charge >= 0.3 is 0 Å². The first-order chi connectivity index (χ1) is 7.78. The average Bonchev–Trinajstić information content (AvgIpc) is 2.32. The van der Waals surface area contributed by atoms with Gasteiger partial charge in [0.25, 0.3) is 0 Å². The molecule has 0 amide bonds. The maximum atomic E-state index is 5.68. The summed E-state index contributed by atoms with van der Waals surface area (Å²) in [5.41, 5.74) is 7.55. The summed E-state index contributed by atoms with van der Waals surface area (Å²) in [6, 6.07) is 11.6. The van der Waals surface area contributed by atoms with Gasteiger partial charge in [0.1, 0.15) is 11.5 Å². The lowest BCUT2D eigenvalue weighted by Crippen LogP contribution is -1.99. The number of ether oxygens (including phenoxy) is 1. The molecule has 3 nitrogen and oxygen atoms in total. The summed E-state index contributed by atoms with van der Waals surface area (Å²) in [5.74, 6) is 1.58. The van der Waals surface area contributed by atoms with Crippen LogP contribution >= 0.6 is 0 Å². The summed E-state index contributed by atoms with van der Waals surface area (Å²) >= 11 is 0. The molecule has 16 heavy (non-hydrogen) atoms. The molecule has 82 valence electrons. The number of nitrogens with two attached hydrogens (primary N) is 1. The van der Waals surface area contributed by atoms with Gasteiger partial charge in [-0.15, -0.1) is 0 Å². The standard InChI is InChI=1S/C13H14N2O/c1-10-2-4-12(5-3-10)16-13-6-7-15-11(8-13)9-14/h2-8H,9,14H2,1H3. The molecular weight excluding hydrogens is 200 g/mol. The van der Waals surface area contributed by atoms with Crippen LogP contribution in [0.4, 0.5) is 0 Å². The summed E-state index contributed by atoms with van der Waals surface area (Å²) in [6.45, 7) is 2.47. The molecule has 0 bridgehead atoms. The van der Waals surface area contributed by atoms with Crippen molar-refractivity contribution in [2.75, 3.05) is 0 Å². The Labute approximate surface area is 94.9 Å². The highest BCUT2D eigenvalue weighted by Gasteiger charge is 1.98. The van der Waals surface area contributed by atoms with Crippen molar-refractivity contribution in [2.45, 2.75) is 13.5 Å². The Hall–Kier alpha value is -1.87. The fourth-order valence-electron chi connectivity index (χ4n) is 1.37. The molecule has 0 saturated heterocycles. The lowest BCUT2D eigenvalue weighted by molar-refractivity contribution is 0.481. The topological polar surface area (TPSA) is 48.1 Å². The number of pyridine rings is 1. The first kappa shape index (κ1) is 10.6. The number of rotatable bonds is 3. The van der Waals surface area contributed by atoms with Crippen molar-refractivity contribution >= 4 is 0 Å². The van der Waals surface area contributed by atoms with Crippen molar-refractivity contribution in [3.8, 4) is 11.5 Å². The number of aryl methyl sites for hydroxylation is 1. The molecule has 0 unspecified atom stereocenters. The van der Waals surface area contributed by atoms with E-state index in [1.165, 1.54) is 5.56 Å². The van der Waals surface area contributed by atoms with Crippen LogP contribution in [0.15, 0.2) is 42.6 Å². The molecule has 0 spiro atoms. The molecule has 3 heteroatoms. The van der Waals surface area contributed by atoms with E-state index in [4.69, 9.17) is 10.5 Å². The summed E-state index contributed by atoms with van der Waals surface area (Å²) in [4.78, 5) is 4.11. The van der Waals surface area contributed by atoms with Gasteiger partial charge in [-0.2, -0.15) is 0 Å². The van der Waals surface area contributed by atoms with Gasteiger partial charge in [-0.3, -0.25) is 4.98 Å². The zero-order valence-corrected chi connectivity index (χ0v) is 9.18. The smallest absolute Gasteiger partial charge is 0.130 e. The minimum atomic E-state index is 0.422. The molecule has 2 rings (SSSR count). The van der Waals surface area contributed by atoms with E-state index in [2.05, 4.69) is 4.98 Å². The Morgan fingerprint density at radius 3 is 2.56 bits per heavy atom. The van der Waals surface area contributed by atoms with Crippen LogP contribution in [0.1, 0.15) is 11.3 Å². The second-order valence-electron chi connectivity index (χ2n) is 3.60. The van der Waals surface area contributed by atoms with E-state index in [0.29, 0.717) is 6.54 Å². The molecule has 1 heterocycles. The van der Waals surface area contributed by atoms with Crippen molar-refractivity contribution in [2.24, 2.45) is 5.73 Å². The first-order valence-electron chi connectivity index (χ1n) is 5.17. The minimum absolute atomic E-state index is 0.422. The average molecular weight is 214 g/mol. The van der Waals surface area contributed by atoms with Gasteiger partial charge in [-0.25, -0.2) is 0 Å². The molecular formula is C13H14N2O. The van der Waals surface area contributed by atoms with Gasteiger partial charge in [-0.1, -0.05) is 17.7 Å². The van der Waals surface area contributed by atoms with Crippen molar-refractivity contribution in [1.29, 1.82) is 0 Å². The number of benzene rings is 1. The Kier molecular flexibility index (Phi) is 3.17. The molecule has 0 radical (unpaired) electrons. The van der Waals surface area contributed by atoms with E-state index in [1.54, 1.807) is 6.20 Å². The second kappa shape index (κ2) is 4.77. The third-order valence-corrected chi connectivity index (χ3v) is 2.25. The minimum Gasteiger partial charge on any atom is -0.457 e. The number of hydrogen-bond donors (Lipinski definition) is 1. The highest BCUT2D eigenvalue weighted by molar-refractivity contribution is 5.32. The van der Waals surface area contributed by atoms with Crippen LogP contribution in [-0.4, -0.2) is 4.98 Å². The fraction of sp³-hybridized carbons (Fsp3) is 0.154. The Morgan fingerprint density at radius 1 is 1.12 bits per heavy atom. The number of aromatic nitrogens is 1. The van der Waals surface area contributed by atoms with Crippen molar-refractivity contribution in [1.82, 2.24) is 4.98 Å². The van der Waals surface area contributed by atoms with Crippen LogP contribution in [0.3, 0.4) is 0 Å². The predicted molar refractivity (Wildman–Crippen MR) is 63.4 cm³/mol. The predicted octanol–water partition coefficient (Wildman–Crippen LogP) is 2.64. The third-order valence-electron chi connectivity index (χ3n) is 2.25. The molecule has 0 saturated carbocycles. The summed E-state index contributed by atoms with van der Waals surface area (Å²) in [7, 11) is 0. The van der Waals surface area contributed by atoms with E-state index in [-0.39, 0.29) is 0 Å². The van der Waals surface area contributed by atoms with Gasteiger partial charge in [0.2, 0.25) is 0 Å². The monoisotopic (exact) mass is 214 g/mol. The second-order valence-corrected chi connectivity index (χ2v) is 3.60. The first-order valence-corrected chi connectivity index (χ1v) is 5.17. The normalized spacial score (nSPS) is 10.1. The van der Waals surface area contributed by atoms with Gasteiger partial charge in [-0.05, 0) is 25.1 Å². The Balaban J connectivity index is 2.16. The maximum Gasteiger partial charge on any atom is 0.130 e. The van der Waals surface area contributed by atoms with E-state index in [1.807, 2.05) is 43.3 Å². The zero-order chi connectivity index (χ0) is 11.4. The van der Waals surface area contributed by atoms with Crippen LogP contribution in [0.2, 0.25) is 0 Å². The van der Waals surface area contributed by atoms with Gasteiger partial charge in [0.15, 0.2) is 0 Å². The summed E-state index contributed by atoms with van der Waals surface area (Å²) in [5, 5.41) is 0. The van der Waals surface area contributed by atoms with Crippen LogP contribution in [0.25, 0.3) is 0 Å². The molecule has 0 fully saturated rings. The molecule has 0 atom stereocenters. The lowest BCUT2D eigenvalue weighted by Gasteiger charge is -2.06. The Bertz CT molecular complexity index is 466. The van der Waals surface area contributed by atoms with Crippen LogP contribution in [-0.2, 0) is 6.54 Å². The number of nitrogens with zero attached hydrogens (tertiary/aromatic N) is 1. The fourth-order valence-corrected chi connectivity index (χ4v) is 1.37. The van der Waals surface area contributed by atoms with E-state index >= 15 is 0 Å². The molecule has 2 aromatic rings. The van der Waals surface area contributed by atoms with E-state index in [9.17, 15) is 0 Å². The van der Waals surface area contributed by atoms with Gasteiger partial charge in [0.05, 0.1) is 5.69 Å². The van der Waals surface area contributed by atoms with Gasteiger partial charge < -0.3 is 10.5 Å². The summed E-state index contributed by atoms with van der Waals surface area (Å²) in [6.07, 6.45) is 1.70. The largest absolute Gasteiger partial charge is 0.457 e. The van der Waals surface area contributed by atoms with Crippen LogP contribution < -0.4 is 10.5 Å². The van der Waals surface area contributed by atoms with Crippen molar-refractivity contribution < 1.29 is 4.74 Å². The van der Waals surface area contributed by atoms with Gasteiger partial charge in [0, 0.05) is 18.8 Å². The Morgan fingerprint density at radius 2 is 1.88 bits per heavy atom.